The second-order valence-corrected chi connectivity index (χ2v) is 10.4. The number of nitrogens with zero attached hydrogens (tertiary/aromatic N) is 1. The van der Waals surface area contributed by atoms with Crippen molar-refractivity contribution in [3.63, 3.8) is 0 Å². The van der Waals surface area contributed by atoms with Gasteiger partial charge in [-0.2, -0.15) is 0 Å². The summed E-state index contributed by atoms with van der Waals surface area (Å²) < 4.78 is 5.50. The van der Waals surface area contributed by atoms with Crippen LogP contribution in [0.1, 0.15) is 60.9 Å². The number of fused-ring (bicyclic) bond motifs is 5. The number of β-amino-alcohol motifs (C(OH)–C–C–N with tert-alkyl or cyclic N) is 1. The van der Waals surface area contributed by atoms with Crippen LogP contribution in [0.15, 0.2) is 48.5 Å². The first kappa shape index (κ1) is 27.1. The maximum Gasteiger partial charge on any atom is 0.232 e. The lowest BCUT2D eigenvalue weighted by atomic mass is 9.96. The topological polar surface area (TPSA) is 117 Å². The Balaban J connectivity index is 1.60. The largest absolute Gasteiger partial charge is 0.497 e. The van der Waals surface area contributed by atoms with Gasteiger partial charge in [-0.1, -0.05) is 49.2 Å². The fourth-order valence-electron chi connectivity index (χ4n) is 5.66. The van der Waals surface area contributed by atoms with E-state index < -0.39 is 29.9 Å². The molecule has 5 atom stereocenters. The molecule has 37 heavy (non-hydrogen) atoms. The van der Waals surface area contributed by atoms with Crippen LogP contribution in [0.25, 0.3) is 0 Å². The molecule has 1 heterocycles. The lowest BCUT2D eigenvalue weighted by Gasteiger charge is -2.28. The SMILES string of the molecule is COc1ccc2c(c1)[C@@H]1CC2N(C)CCCCC[C@@H](C(N)=O)C(=O)N[C@@H](Cc2ccccc2)[C@H](O)CN1. The number of carbonyl (C=O) groups excluding carboxylic acids is 2. The lowest BCUT2D eigenvalue weighted by Crippen LogP contribution is -2.52. The Morgan fingerprint density at radius 2 is 1.92 bits per heavy atom. The molecule has 0 spiro atoms. The van der Waals surface area contributed by atoms with E-state index in [-0.39, 0.29) is 18.6 Å². The summed E-state index contributed by atoms with van der Waals surface area (Å²) in [4.78, 5) is 27.7. The van der Waals surface area contributed by atoms with E-state index in [4.69, 9.17) is 10.5 Å². The summed E-state index contributed by atoms with van der Waals surface area (Å²) in [5.74, 6) is -1.12. The number of nitrogens with two attached hydrogens (primary N) is 1. The highest BCUT2D eigenvalue weighted by Crippen LogP contribution is 2.43. The maximum atomic E-state index is 13.1. The van der Waals surface area contributed by atoms with Gasteiger partial charge in [0.25, 0.3) is 0 Å². The van der Waals surface area contributed by atoms with Crippen LogP contribution in [-0.2, 0) is 16.0 Å². The Morgan fingerprint density at radius 3 is 2.65 bits per heavy atom. The molecule has 1 aliphatic heterocycles. The van der Waals surface area contributed by atoms with Crippen molar-refractivity contribution in [1.82, 2.24) is 15.5 Å². The number of nitrogens with one attached hydrogen (secondary N) is 2. The molecule has 1 saturated heterocycles. The monoisotopic (exact) mass is 508 g/mol. The highest BCUT2D eigenvalue weighted by atomic mass is 16.5. The first-order valence-corrected chi connectivity index (χ1v) is 13.3. The first-order valence-electron chi connectivity index (χ1n) is 13.3. The molecule has 2 aromatic rings. The number of hydrogen-bond acceptors (Lipinski definition) is 6. The first-order chi connectivity index (χ1) is 17.9. The zero-order chi connectivity index (χ0) is 26.4. The number of rotatable bonds is 4. The minimum atomic E-state index is -0.906. The Kier molecular flexibility index (Phi) is 9.18. The molecule has 8 nitrogen and oxygen atoms in total. The number of aliphatic hydroxyl groups is 1. The molecule has 2 amide bonds. The molecule has 1 aliphatic carbocycles. The Labute approximate surface area is 219 Å². The van der Waals surface area contributed by atoms with Gasteiger partial charge in [0.15, 0.2) is 0 Å². The van der Waals surface area contributed by atoms with E-state index in [2.05, 4.69) is 34.7 Å². The van der Waals surface area contributed by atoms with Crippen molar-refractivity contribution < 1.29 is 19.4 Å². The standard InChI is InChI=1S/C29H40N4O4/c1-33-14-8-4-7-11-22(28(30)35)29(36)32-25(15-19-9-5-3-6-10-19)27(34)18-31-24-17-26(33)21-13-12-20(37-2)16-23(21)24/h3,5-6,9-10,12-13,16,22,24-27,31,34H,4,7-8,11,14-15,17-18H2,1-2H3,(H2,30,35)(H,32,36)/t22-,24-,25-,26?,27+/m0/s1. The number of primary amides is 1. The summed E-state index contributed by atoms with van der Waals surface area (Å²) in [7, 11) is 3.82. The predicted octanol–water partition coefficient (Wildman–Crippen LogP) is 2.47. The Morgan fingerprint density at radius 1 is 1.14 bits per heavy atom. The molecule has 0 radical (unpaired) electrons. The second kappa shape index (κ2) is 12.5. The Hall–Kier alpha value is -2.94. The Bertz CT molecular complexity index is 1060. The minimum Gasteiger partial charge on any atom is -0.497 e. The van der Waals surface area contributed by atoms with E-state index >= 15 is 0 Å². The normalized spacial score (nSPS) is 27.8. The molecule has 2 aliphatic rings. The average molecular weight is 509 g/mol. The third-order valence-electron chi connectivity index (χ3n) is 7.85. The van der Waals surface area contributed by atoms with E-state index in [0.29, 0.717) is 12.8 Å². The molecule has 2 aromatic carbocycles. The van der Waals surface area contributed by atoms with Gasteiger partial charge in [-0.05, 0) is 68.1 Å². The van der Waals surface area contributed by atoms with Gasteiger partial charge in [-0.15, -0.1) is 0 Å². The summed E-state index contributed by atoms with van der Waals surface area (Å²) in [5.41, 5.74) is 9.08. The van der Waals surface area contributed by atoms with Crippen molar-refractivity contribution in [1.29, 1.82) is 0 Å². The number of amides is 2. The fraction of sp³-hybridized carbons (Fsp3) is 0.517. The van der Waals surface area contributed by atoms with Crippen molar-refractivity contribution in [2.24, 2.45) is 11.7 Å². The van der Waals surface area contributed by atoms with Gasteiger partial charge in [0, 0.05) is 18.6 Å². The van der Waals surface area contributed by atoms with Crippen molar-refractivity contribution in [3.8, 4) is 5.75 Å². The molecule has 0 saturated carbocycles. The highest BCUT2D eigenvalue weighted by molar-refractivity contribution is 5.99. The van der Waals surface area contributed by atoms with Crippen LogP contribution >= 0.6 is 0 Å². The van der Waals surface area contributed by atoms with Crippen LogP contribution in [0.4, 0.5) is 0 Å². The van der Waals surface area contributed by atoms with Crippen molar-refractivity contribution in [2.75, 3.05) is 27.2 Å². The molecule has 8 heteroatoms. The van der Waals surface area contributed by atoms with Gasteiger partial charge in [0.2, 0.25) is 11.8 Å². The van der Waals surface area contributed by atoms with Crippen molar-refractivity contribution in [3.05, 3.63) is 65.2 Å². The second-order valence-electron chi connectivity index (χ2n) is 10.4. The number of benzene rings is 2. The number of aliphatic hydroxyl groups excluding tert-OH is 1. The van der Waals surface area contributed by atoms with Gasteiger partial charge >= 0.3 is 0 Å². The van der Waals surface area contributed by atoms with E-state index in [1.54, 1.807) is 7.11 Å². The van der Waals surface area contributed by atoms with E-state index in [1.807, 2.05) is 36.4 Å². The summed E-state index contributed by atoms with van der Waals surface area (Å²) in [6.45, 7) is 1.20. The van der Waals surface area contributed by atoms with Gasteiger partial charge in [-0.25, -0.2) is 0 Å². The van der Waals surface area contributed by atoms with Crippen molar-refractivity contribution in [2.45, 2.75) is 62.8 Å². The van der Waals surface area contributed by atoms with E-state index in [9.17, 15) is 14.7 Å². The predicted molar refractivity (Wildman–Crippen MR) is 143 cm³/mol. The van der Waals surface area contributed by atoms with Crippen LogP contribution in [0, 0.1) is 5.92 Å². The molecule has 1 fully saturated rings. The number of hydrogen-bond donors (Lipinski definition) is 4. The molecule has 5 N–H and O–H groups in total. The van der Waals surface area contributed by atoms with Gasteiger partial charge < -0.3 is 26.2 Å². The van der Waals surface area contributed by atoms with Crippen LogP contribution in [0.2, 0.25) is 0 Å². The quantitative estimate of drug-likeness (QED) is 0.472. The number of methoxy groups -OCH3 is 1. The lowest BCUT2D eigenvalue weighted by molar-refractivity contribution is -0.134. The van der Waals surface area contributed by atoms with Crippen LogP contribution in [0.3, 0.4) is 0 Å². The van der Waals surface area contributed by atoms with E-state index in [0.717, 1.165) is 43.5 Å². The molecule has 0 aromatic heterocycles. The molecule has 2 bridgehead atoms. The van der Waals surface area contributed by atoms with Gasteiger partial charge in [-0.3, -0.25) is 14.5 Å². The summed E-state index contributed by atoms with van der Waals surface area (Å²) in [6, 6.07) is 15.7. The third kappa shape index (κ3) is 6.69. The minimum absolute atomic E-state index is 0.0477. The zero-order valence-electron chi connectivity index (χ0n) is 21.9. The summed E-state index contributed by atoms with van der Waals surface area (Å²) in [5, 5.41) is 17.8. The molecule has 1 unspecified atom stereocenters. The van der Waals surface area contributed by atoms with E-state index in [1.165, 1.54) is 11.1 Å². The van der Waals surface area contributed by atoms with Gasteiger partial charge in [0.05, 0.1) is 19.3 Å². The molecule has 4 rings (SSSR count). The van der Waals surface area contributed by atoms with Crippen LogP contribution in [0.5, 0.6) is 5.75 Å². The average Bonchev–Trinajstić information content (AvgIpc) is 3.26. The smallest absolute Gasteiger partial charge is 0.232 e. The maximum absolute atomic E-state index is 13.1. The molecular formula is C29H40N4O4. The van der Waals surface area contributed by atoms with Gasteiger partial charge in [0.1, 0.15) is 11.7 Å². The van der Waals surface area contributed by atoms with Crippen LogP contribution < -0.4 is 21.1 Å². The zero-order valence-corrected chi connectivity index (χ0v) is 21.9. The summed E-state index contributed by atoms with van der Waals surface area (Å²) >= 11 is 0. The van der Waals surface area contributed by atoms with Crippen molar-refractivity contribution >= 4 is 11.8 Å². The fourth-order valence-corrected chi connectivity index (χ4v) is 5.66. The highest BCUT2D eigenvalue weighted by Gasteiger charge is 2.35. The number of carbonyl (C=O) groups is 2. The van der Waals surface area contributed by atoms with Crippen LogP contribution in [-0.4, -0.2) is 61.2 Å². The molecular weight excluding hydrogens is 468 g/mol. The number of ether oxygens (including phenoxy) is 1. The third-order valence-corrected chi connectivity index (χ3v) is 7.85. The molecule has 200 valence electrons. The summed E-state index contributed by atoms with van der Waals surface area (Å²) in [6.07, 6.45) is 3.50.